The van der Waals surface area contributed by atoms with Gasteiger partial charge in [0.25, 0.3) is 0 Å². The van der Waals surface area contributed by atoms with Crippen LogP contribution in [0.4, 0.5) is 5.82 Å². The Balaban J connectivity index is 1.70. The predicted molar refractivity (Wildman–Crippen MR) is 111 cm³/mol. The van der Waals surface area contributed by atoms with Gasteiger partial charge in [-0.2, -0.15) is 4.98 Å². The minimum absolute atomic E-state index is 0.0735. The lowest BCUT2D eigenvalue weighted by atomic mass is 10.2. The van der Waals surface area contributed by atoms with E-state index in [0.29, 0.717) is 0 Å². The number of aliphatic hydroxyl groups excluding tert-OH is 1. The smallest absolute Gasteiger partial charge is 0.413 e. The number of hydrogen-bond donors (Lipinski definition) is 3. The zero-order valence-corrected chi connectivity index (χ0v) is 18.0. The summed E-state index contributed by atoms with van der Waals surface area (Å²) in [5.41, 5.74) is 4.87. The first-order valence-electron chi connectivity index (χ1n) is 9.62. The topological polar surface area (TPSA) is 155 Å². The molecule has 2 aromatic rings. The van der Waals surface area contributed by atoms with Crippen molar-refractivity contribution < 1.29 is 28.3 Å². The van der Waals surface area contributed by atoms with Gasteiger partial charge in [0.2, 0.25) is 0 Å². The molecule has 12 heteroatoms. The Morgan fingerprint density at radius 2 is 2.13 bits per heavy atom. The number of anilines is 1. The van der Waals surface area contributed by atoms with Gasteiger partial charge in [-0.1, -0.05) is 18.2 Å². The van der Waals surface area contributed by atoms with E-state index in [1.54, 1.807) is 30.3 Å². The Labute approximate surface area is 178 Å². The third-order valence-electron chi connectivity index (χ3n) is 4.71. The monoisotopic (exact) mass is 452 g/mol. The Hall–Kier alpha value is -2.56. The van der Waals surface area contributed by atoms with Crippen LogP contribution in [0.5, 0.6) is 5.75 Å². The lowest BCUT2D eigenvalue weighted by Crippen LogP contribution is -2.34. The van der Waals surface area contributed by atoms with Crippen LogP contribution in [0.15, 0.2) is 47.4 Å². The van der Waals surface area contributed by atoms with E-state index in [1.165, 1.54) is 30.7 Å². The number of carbonyl (C=O) groups excluding carboxylic acids is 1. The maximum atomic E-state index is 13.3. The molecule has 0 amide bonds. The van der Waals surface area contributed by atoms with Crippen LogP contribution in [-0.4, -0.2) is 45.3 Å². The maximum Gasteiger partial charge on any atom is 0.459 e. The van der Waals surface area contributed by atoms with Crippen LogP contribution in [0.2, 0.25) is 0 Å². The lowest BCUT2D eigenvalue weighted by Gasteiger charge is -2.24. The fourth-order valence-electron chi connectivity index (χ4n) is 2.89. The van der Waals surface area contributed by atoms with Crippen molar-refractivity contribution in [3.63, 3.8) is 0 Å². The molecular formula is C19H25N4O7P. The van der Waals surface area contributed by atoms with E-state index in [4.69, 9.17) is 19.5 Å². The van der Waals surface area contributed by atoms with Crippen molar-refractivity contribution in [3.8, 4) is 5.75 Å². The van der Waals surface area contributed by atoms with Crippen LogP contribution < -0.4 is 21.0 Å². The molecule has 168 valence electrons. The van der Waals surface area contributed by atoms with Crippen LogP contribution in [0, 0.1) is 0 Å². The minimum Gasteiger partial charge on any atom is -0.413 e. The van der Waals surface area contributed by atoms with Crippen LogP contribution in [0.25, 0.3) is 0 Å². The average molecular weight is 452 g/mol. The highest BCUT2D eigenvalue weighted by atomic mass is 31.2. The summed E-state index contributed by atoms with van der Waals surface area (Å²) in [5.74, 6) is 0.0941. The predicted octanol–water partition coefficient (Wildman–Crippen LogP) is 1.24. The third-order valence-corrected chi connectivity index (χ3v) is 6.35. The molecule has 0 bridgehead atoms. The first-order chi connectivity index (χ1) is 14.7. The molecule has 0 spiro atoms. The minimum atomic E-state index is -4.00. The van der Waals surface area contributed by atoms with Gasteiger partial charge in [0.15, 0.2) is 0 Å². The summed E-state index contributed by atoms with van der Waals surface area (Å²) in [6.45, 7) is 2.57. The molecule has 2 heterocycles. The highest BCUT2D eigenvalue weighted by Crippen LogP contribution is 2.45. The maximum absolute atomic E-state index is 13.3. The normalized spacial score (nSPS) is 23.8. The molecule has 1 aromatic heterocycles. The SMILES string of the molecule is CC(=O)[C@H](C)NP(=O)(OC[C@H]1O[C@@H](n2ccc(N)nc2=O)C[C@H]1O)Oc1ccccc1. The number of carbonyl (C=O) groups is 1. The number of para-hydroxylation sites is 1. The standard InChI is InChI=1S/C19H25N4O7P/c1-12(13(2)24)22-31(27,30-14-6-4-3-5-7-14)28-11-16-15(25)10-18(29-16)23-9-8-17(20)21-19(23)26/h3-9,12,15-16,18,25H,10-11H2,1-2H3,(H,22,27)(H2,20,21,26)/t12-,15+,16+,18+,31?/m0/s1. The van der Waals surface area contributed by atoms with Crippen molar-refractivity contribution >= 4 is 19.3 Å². The third kappa shape index (κ3) is 5.99. The molecule has 0 radical (unpaired) electrons. The van der Waals surface area contributed by atoms with Gasteiger partial charge < -0.3 is 20.1 Å². The number of benzene rings is 1. The Bertz CT molecular complexity index is 1020. The quantitative estimate of drug-likeness (QED) is 0.473. The van der Waals surface area contributed by atoms with Crippen molar-refractivity contribution in [3.05, 3.63) is 53.1 Å². The largest absolute Gasteiger partial charge is 0.459 e. The first-order valence-corrected chi connectivity index (χ1v) is 11.2. The molecule has 1 unspecified atom stereocenters. The van der Waals surface area contributed by atoms with Crippen LogP contribution in [-0.2, 0) is 18.6 Å². The summed E-state index contributed by atoms with van der Waals surface area (Å²) in [6, 6.07) is 8.98. The van der Waals surface area contributed by atoms with Gasteiger partial charge in [-0.3, -0.25) is 13.9 Å². The Kier molecular flexibility index (Phi) is 7.24. The first kappa shape index (κ1) is 23.1. The van der Waals surface area contributed by atoms with Gasteiger partial charge in [-0.05, 0) is 32.0 Å². The molecule has 1 fully saturated rings. The van der Waals surface area contributed by atoms with Gasteiger partial charge in [0.05, 0.1) is 18.8 Å². The van der Waals surface area contributed by atoms with Crippen molar-refractivity contribution in [1.82, 2.24) is 14.6 Å². The van der Waals surface area contributed by atoms with Crippen molar-refractivity contribution in [2.75, 3.05) is 12.3 Å². The number of ketones is 1. The molecule has 11 nitrogen and oxygen atoms in total. The Morgan fingerprint density at radius 1 is 1.42 bits per heavy atom. The zero-order chi connectivity index (χ0) is 22.6. The molecule has 1 aromatic carbocycles. The van der Waals surface area contributed by atoms with Gasteiger partial charge in [0, 0.05) is 12.6 Å². The van der Waals surface area contributed by atoms with Crippen molar-refractivity contribution in [2.45, 2.75) is 44.7 Å². The van der Waals surface area contributed by atoms with Crippen LogP contribution in [0.1, 0.15) is 26.5 Å². The molecule has 4 N–H and O–H groups in total. The molecule has 1 aliphatic rings. The molecule has 1 saturated heterocycles. The van der Waals surface area contributed by atoms with E-state index in [2.05, 4.69) is 10.1 Å². The van der Waals surface area contributed by atoms with Crippen LogP contribution >= 0.6 is 7.75 Å². The number of aromatic nitrogens is 2. The number of hydrogen-bond acceptors (Lipinski definition) is 9. The van der Waals surface area contributed by atoms with E-state index < -0.39 is 37.9 Å². The molecule has 31 heavy (non-hydrogen) atoms. The number of Topliss-reactive ketones (excluding diaryl/α,β-unsaturated/α-hetero) is 1. The number of ether oxygens (including phenoxy) is 1. The zero-order valence-electron chi connectivity index (χ0n) is 17.1. The number of nitrogen functional groups attached to an aromatic ring is 1. The van der Waals surface area contributed by atoms with Gasteiger partial charge in [-0.15, -0.1) is 0 Å². The second-order valence-electron chi connectivity index (χ2n) is 7.13. The summed E-state index contributed by atoms with van der Waals surface area (Å²) in [5, 5.41) is 12.9. The van der Waals surface area contributed by atoms with E-state index >= 15 is 0 Å². The molecule has 0 saturated carbocycles. The summed E-state index contributed by atoms with van der Waals surface area (Å²) in [6.07, 6.45) is -1.16. The second-order valence-corrected chi connectivity index (χ2v) is 8.83. The fraction of sp³-hybridized carbons (Fsp3) is 0.421. The van der Waals surface area contributed by atoms with Gasteiger partial charge >= 0.3 is 13.4 Å². The number of rotatable bonds is 9. The van der Waals surface area contributed by atoms with E-state index in [1.807, 2.05) is 0 Å². The lowest BCUT2D eigenvalue weighted by molar-refractivity contribution is -0.118. The summed E-state index contributed by atoms with van der Waals surface area (Å²) >= 11 is 0. The summed E-state index contributed by atoms with van der Waals surface area (Å²) in [7, 11) is -4.00. The fourth-order valence-corrected chi connectivity index (χ4v) is 4.47. The molecular weight excluding hydrogens is 427 g/mol. The van der Waals surface area contributed by atoms with Crippen molar-refractivity contribution in [1.29, 1.82) is 0 Å². The van der Waals surface area contributed by atoms with Gasteiger partial charge in [0.1, 0.15) is 29.7 Å². The highest BCUT2D eigenvalue weighted by molar-refractivity contribution is 7.52. The van der Waals surface area contributed by atoms with Crippen molar-refractivity contribution in [2.24, 2.45) is 0 Å². The molecule has 0 aliphatic carbocycles. The number of nitrogens with two attached hydrogens (primary N) is 1. The molecule has 5 atom stereocenters. The highest BCUT2D eigenvalue weighted by Gasteiger charge is 2.39. The summed E-state index contributed by atoms with van der Waals surface area (Å²) < 4.78 is 31.2. The Morgan fingerprint density at radius 3 is 2.77 bits per heavy atom. The van der Waals surface area contributed by atoms with E-state index in [-0.39, 0.29) is 30.4 Å². The summed E-state index contributed by atoms with van der Waals surface area (Å²) in [4.78, 5) is 27.3. The van der Waals surface area contributed by atoms with E-state index in [0.717, 1.165) is 0 Å². The van der Waals surface area contributed by atoms with Gasteiger partial charge in [-0.25, -0.2) is 14.4 Å². The molecule has 3 rings (SSSR count). The number of nitrogens with one attached hydrogen (secondary N) is 1. The average Bonchev–Trinajstić information content (AvgIpc) is 3.07. The van der Waals surface area contributed by atoms with E-state index in [9.17, 15) is 19.3 Å². The molecule has 1 aliphatic heterocycles. The van der Waals surface area contributed by atoms with Crippen LogP contribution in [0.3, 0.4) is 0 Å². The second kappa shape index (κ2) is 9.71. The number of aliphatic hydroxyl groups is 1. The number of nitrogens with zero attached hydrogens (tertiary/aromatic N) is 2.